The molecule has 1 heterocycles. The number of hydrogen-bond acceptors (Lipinski definition) is 1. The molecule has 0 spiro atoms. The molecule has 1 aromatic carbocycles. The van der Waals surface area contributed by atoms with Crippen molar-refractivity contribution in [2.75, 3.05) is 19.9 Å². The van der Waals surface area contributed by atoms with Crippen LogP contribution >= 0.6 is 0 Å². The molecule has 2 nitrogen and oxygen atoms in total. The van der Waals surface area contributed by atoms with Crippen LogP contribution < -0.4 is 0 Å². The molecule has 0 radical (unpaired) electrons. The van der Waals surface area contributed by atoms with Crippen LogP contribution in [0, 0.1) is 0 Å². The van der Waals surface area contributed by atoms with Gasteiger partial charge in [0.1, 0.15) is 6.80 Å². The van der Waals surface area contributed by atoms with Crippen molar-refractivity contribution >= 4 is 10.9 Å². The quantitative estimate of drug-likeness (QED) is 0.594. The van der Waals surface area contributed by atoms with E-state index in [9.17, 15) is 4.39 Å². The second-order valence-electron chi connectivity index (χ2n) is 4.72. The Labute approximate surface area is 113 Å². The van der Waals surface area contributed by atoms with Gasteiger partial charge in [0.2, 0.25) is 0 Å². The Bertz CT molecular complexity index is 545. The molecule has 0 aliphatic rings. The van der Waals surface area contributed by atoms with E-state index in [2.05, 4.69) is 36.7 Å². The predicted molar refractivity (Wildman–Crippen MR) is 79.1 cm³/mol. The first-order valence-electron chi connectivity index (χ1n) is 6.77. The lowest BCUT2D eigenvalue weighted by atomic mass is 10.1. The van der Waals surface area contributed by atoms with E-state index in [0.29, 0.717) is 6.54 Å². The SMILES string of the molecule is C=CCN(CF)CCc1c(CC)[nH]c2ccccc12. The van der Waals surface area contributed by atoms with Crippen LogP contribution in [0.15, 0.2) is 36.9 Å². The van der Waals surface area contributed by atoms with Crippen molar-refractivity contribution in [3.05, 3.63) is 48.2 Å². The number of nitrogens with one attached hydrogen (secondary N) is 1. The molecule has 102 valence electrons. The molecule has 0 fully saturated rings. The fourth-order valence-corrected chi connectivity index (χ4v) is 2.50. The summed E-state index contributed by atoms with van der Waals surface area (Å²) in [5.74, 6) is 0. The highest BCUT2D eigenvalue weighted by atomic mass is 19.1. The zero-order chi connectivity index (χ0) is 13.7. The highest BCUT2D eigenvalue weighted by molar-refractivity contribution is 5.84. The van der Waals surface area contributed by atoms with Crippen LogP contribution in [0.5, 0.6) is 0 Å². The van der Waals surface area contributed by atoms with E-state index in [1.165, 1.54) is 22.2 Å². The number of nitrogens with zero attached hydrogens (tertiary/aromatic N) is 1. The molecule has 0 saturated carbocycles. The van der Waals surface area contributed by atoms with Crippen LogP contribution in [0.1, 0.15) is 18.2 Å². The predicted octanol–water partition coefficient (Wildman–Crippen LogP) is 3.69. The highest BCUT2D eigenvalue weighted by Gasteiger charge is 2.11. The van der Waals surface area contributed by atoms with Gasteiger partial charge in [-0.25, -0.2) is 4.39 Å². The maximum atomic E-state index is 12.8. The highest BCUT2D eigenvalue weighted by Crippen LogP contribution is 2.23. The maximum absolute atomic E-state index is 12.8. The van der Waals surface area contributed by atoms with Gasteiger partial charge < -0.3 is 4.98 Å². The lowest BCUT2D eigenvalue weighted by Gasteiger charge is -2.16. The van der Waals surface area contributed by atoms with Crippen molar-refractivity contribution in [1.82, 2.24) is 9.88 Å². The molecule has 0 unspecified atom stereocenters. The second-order valence-corrected chi connectivity index (χ2v) is 4.72. The van der Waals surface area contributed by atoms with Crippen molar-refractivity contribution in [1.29, 1.82) is 0 Å². The number of aromatic nitrogens is 1. The molecule has 1 N–H and O–H groups in total. The Kier molecular flexibility index (Phi) is 4.74. The van der Waals surface area contributed by atoms with E-state index >= 15 is 0 Å². The number of hydrogen-bond donors (Lipinski definition) is 1. The van der Waals surface area contributed by atoms with Gasteiger partial charge in [-0.3, -0.25) is 4.90 Å². The first-order valence-corrected chi connectivity index (χ1v) is 6.77. The first-order chi connectivity index (χ1) is 9.30. The second kappa shape index (κ2) is 6.53. The average molecular weight is 260 g/mol. The van der Waals surface area contributed by atoms with Gasteiger partial charge in [0.25, 0.3) is 0 Å². The molecule has 0 aliphatic heterocycles. The van der Waals surface area contributed by atoms with E-state index in [0.717, 1.165) is 19.4 Å². The molecule has 0 aliphatic carbocycles. The topological polar surface area (TPSA) is 19.0 Å². The molecule has 1 aromatic heterocycles. The zero-order valence-electron chi connectivity index (χ0n) is 11.5. The zero-order valence-corrected chi connectivity index (χ0v) is 11.5. The summed E-state index contributed by atoms with van der Waals surface area (Å²) in [7, 11) is 0. The minimum absolute atomic E-state index is 0.421. The van der Waals surface area contributed by atoms with E-state index in [1.807, 2.05) is 6.07 Å². The summed E-state index contributed by atoms with van der Waals surface area (Å²) in [5, 5.41) is 1.26. The summed E-state index contributed by atoms with van der Waals surface area (Å²) in [6, 6.07) is 8.31. The van der Waals surface area contributed by atoms with Crippen molar-refractivity contribution in [3.8, 4) is 0 Å². The van der Waals surface area contributed by atoms with E-state index in [1.54, 1.807) is 11.0 Å². The molecule has 2 aromatic rings. The summed E-state index contributed by atoms with van der Waals surface area (Å²) >= 11 is 0. The lowest BCUT2D eigenvalue weighted by Crippen LogP contribution is -2.25. The van der Waals surface area contributed by atoms with Crippen LogP contribution in [0.2, 0.25) is 0 Å². The van der Waals surface area contributed by atoms with Gasteiger partial charge in [0.05, 0.1) is 0 Å². The lowest BCUT2D eigenvalue weighted by molar-refractivity contribution is 0.206. The monoisotopic (exact) mass is 260 g/mol. The third-order valence-electron chi connectivity index (χ3n) is 3.49. The molecule has 19 heavy (non-hydrogen) atoms. The molecule has 0 bridgehead atoms. The smallest absolute Gasteiger partial charge is 0.143 e. The number of fused-ring (bicyclic) bond motifs is 1. The van der Waals surface area contributed by atoms with Gasteiger partial charge in [-0.05, 0) is 24.5 Å². The number of rotatable bonds is 7. The Morgan fingerprint density at radius 3 is 2.84 bits per heavy atom. The average Bonchev–Trinajstić information content (AvgIpc) is 2.81. The Balaban J connectivity index is 2.21. The number of aromatic amines is 1. The Morgan fingerprint density at radius 2 is 2.16 bits per heavy atom. The van der Waals surface area contributed by atoms with E-state index in [4.69, 9.17) is 0 Å². The first kappa shape index (κ1) is 13.8. The molecular weight excluding hydrogens is 239 g/mol. The van der Waals surface area contributed by atoms with Crippen LogP contribution in [0.3, 0.4) is 0 Å². The third-order valence-corrected chi connectivity index (χ3v) is 3.49. The molecule has 0 saturated heterocycles. The van der Waals surface area contributed by atoms with Crippen molar-refractivity contribution in [2.45, 2.75) is 19.8 Å². The summed E-state index contributed by atoms with van der Waals surface area (Å²) in [5.41, 5.74) is 3.75. The van der Waals surface area contributed by atoms with Crippen LogP contribution in [-0.4, -0.2) is 29.8 Å². The Hall–Kier alpha value is -1.61. The number of benzene rings is 1. The van der Waals surface area contributed by atoms with E-state index in [-0.39, 0.29) is 0 Å². The van der Waals surface area contributed by atoms with Crippen molar-refractivity contribution < 1.29 is 4.39 Å². The largest absolute Gasteiger partial charge is 0.358 e. The third kappa shape index (κ3) is 3.04. The fraction of sp³-hybridized carbons (Fsp3) is 0.375. The van der Waals surface area contributed by atoms with Gasteiger partial charge in [-0.15, -0.1) is 6.58 Å². The Morgan fingerprint density at radius 1 is 1.37 bits per heavy atom. The van der Waals surface area contributed by atoms with Gasteiger partial charge in [-0.1, -0.05) is 31.2 Å². The minimum atomic E-state index is -0.421. The number of para-hydroxylation sites is 1. The number of aryl methyl sites for hydroxylation is 1. The molecular formula is C16H21FN2. The van der Waals surface area contributed by atoms with Crippen LogP contribution in [0.4, 0.5) is 4.39 Å². The van der Waals surface area contributed by atoms with Gasteiger partial charge in [-0.2, -0.15) is 0 Å². The van der Waals surface area contributed by atoms with Crippen LogP contribution in [0.25, 0.3) is 10.9 Å². The minimum Gasteiger partial charge on any atom is -0.358 e. The molecule has 0 atom stereocenters. The number of alkyl halides is 1. The maximum Gasteiger partial charge on any atom is 0.143 e. The van der Waals surface area contributed by atoms with Gasteiger partial charge in [0.15, 0.2) is 0 Å². The molecule has 2 rings (SSSR count). The van der Waals surface area contributed by atoms with E-state index < -0.39 is 6.80 Å². The summed E-state index contributed by atoms with van der Waals surface area (Å²) in [6.07, 6.45) is 3.58. The fourth-order valence-electron chi connectivity index (χ4n) is 2.50. The number of H-pyrrole nitrogens is 1. The summed E-state index contributed by atoms with van der Waals surface area (Å²) in [6.45, 7) is 6.70. The standard InChI is InChI=1S/C16H21FN2/c1-3-10-19(12-17)11-9-14-13-7-5-6-8-16(13)18-15(14)4-2/h3,5-8,18H,1,4,9-12H2,2H3. The summed E-state index contributed by atoms with van der Waals surface area (Å²) in [4.78, 5) is 5.21. The normalized spacial score (nSPS) is 11.3. The van der Waals surface area contributed by atoms with Gasteiger partial charge in [0, 0.05) is 29.7 Å². The van der Waals surface area contributed by atoms with Gasteiger partial charge >= 0.3 is 0 Å². The number of halogens is 1. The van der Waals surface area contributed by atoms with Crippen molar-refractivity contribution in [2.24, 2.45) is 0 Å². The van der Waals surface area contributed by atoms with Crippen LogP contribution in [-0.2, 0) is 12.8 Å². The molecule has 0 amide bonds. The molecule has 3 heteroatoms. The summed E-state index contributed by atoms with van der Waals surface area (Å²) < 4.78 is 12.8. The van der Waals surface area contributed by atoms with Crippen molar-refractivity contribution in [3.63, 3.8) is 0 Å².